The Balaban J connectivity index is 2.83. The highest BCUT2D eigenvalue weighted by Gasteiger charge is 2.09. The highest BCUT2D eigenvalue weighted by Crippen LogP contribution is 2.38. The Hall–Kier alpha value is -0.730. The third kappa shape index (κ3) is 1.30. The van der Waals surface area contributed by atoms with E-state index in [1.165, 1.54) is 0 Å². The van der Waals surface area contributed by atoms with Crippen molar-refractivity contribution in [1.29, 1.82) is 0 Å². The molecular formula is C10H9ClOS. The molecule has 13 heavy (non-hydrogen) atoms. The lowest BCUT2D eigenvalue weighted by atomic mass is 10.1. The molecule has 0 fully saturated rings. The van der Waals surface area contributed by atoms with Gasteiger partial charge in [-0.2, -0.15) is 0 Å². The normalized spacial score (nSPS) is 10.9. The number of phenols is 1. The molecule has 2 aromatic rings. The number of halogens is 1. The maximum absolute atomic E-state index is 9.84. The summed E-state index contributed by atoms with van der Waals surface area (Å²) in [6.07, 6.45) is 0.827. The average molecular weight is 213 g/mol. The summed E-state index contributed by atoms with van der Waals surface area (Å²) in [6, 6.07) is 3.95. The summed E-state index contributed by atoms with van der Waals surface area (Å²) in [7, 11) is 0. The molecule has 1 nitrogen and oxygen atoms in total. The Bertz CT molecular complexity index is 447. The van der Waals surface area contributed by atoms with Gasteiger partial charge in [0.15, 0.2) is 0 Å². The predicted octanol–water partition coefficient (Wildman–Crippen LogP) is 3.82. The number of phenolic OH excluding ortho intramolecular Hbond substituents is 1. The quantitative estimate of drug-likeness (QED) is 0.762. The van der Waals surface area contributed by atoms with Crippen LogP contribution in [0, 0.1) is 0 Å². The first-order chi connectivity index (χ1) is 6.24. The van der Waals surface area contributed by atoms with Crippen LogP contribution < -0.4 is 0 Å². The first kappa shape index (κ1) is 8.85. The van der Waals surface area contributed by atoms with E-state index < -0.39 is 0 Å². The fourth-order valence-corrected chi connectivity index (χ4v) is 2.60. The van der Waals surface area contributed by atoms with Gasteiger partial charge in [-0.05, 0) is 18.1 Å². The number of aromatic hydroxyl groups is 1. The lowest BCUT2D eigenvalue weighted by molar-refractivity contribution is 0.475. The van der Waals surface area contributed by atoms with E-state index in [9.17, 15) is 5.11 Å². The summed E-state index contributed by atoms with van der Waals surface area (Å²) in [5.41, 5.74) is 0.952. The highest BCUT2D eigenvalue weighted by molar-refractivity contribution is 7.17. The van der Waals surface area contributed by atoms with Crippen molar-refractivity contribution in [3.8, 4) is 5.75 Å². The second-order valence-corrected chi connectivity index (χ2v) is 4.20. The van der Waals surface area contributed by atoms with Crippen molar-refractivity contribution in [3.05, 3.63) is 28.1 Å². The SMILES string of the molecule is CCc1ccc2scc(Cl)c2c1O. The lowest BCUT2D eigenvalue weighted by Crippen LogP contribution is -1.80. The molecule has 1 heterocycles. The Labute approximate surface area is 85.6 Å². The highest BCUT2D eigenvalue weighted by atomic mass is 35.5. The van der Waals surface area contributed by atoms with Crippen molar-refractivity contribution in [3.63, 3.8) is 0 Å². The third-order valence-electron chi connectivity index (χ3n) is 2.13. The maximum Gasteiger partial charge on any atom is 0.128 e. The molecule has 0 bridgehead atoms. The van der Waals surface area contributed by atoms with Gasteiger partial charge in [-0.3, -0.25) is 0 Å². The summed E-state index contributed by atoms with van der Waals surface area (Å²) in [5.74, 6) is 0.339. The molecule has 0 aliphatic rings. The smallest absolute Gasteiger partial charge is 0.128 e. The summed E-state index contributed by atoms with van der Waals surface area (Å²) >= 11 is 7.51. The number of aryl methyl sites for hydroxylation is 1. The molecule has 0 saturated carbocycles. The van der Waals surface area contributed by atoms with Gasteiger partial charge in [0.05, 0.1) is 10.4 Å². The molecule has 0 aliphatic heterocycles. The number of thiophene rings is 1. The number of benzene rings is 1. The van der Waals surface area contributed by atoms with Crippen molar-refractivity contribution in [2.75, 3.05) is 0 Å². The first-order valence-electron chi connectivity index (χ1n) is 4.11. The van der Waals surface area contributed by atoms with E-state index >= 15 is 0 Å². The molecule has 1 aromatic heterocycles. The van der Waals surface area contributed by atoms with Gasteiger partial charge in [-0.1, -0.05) is 24.6 Å². The van der Waals surface area contributed by atoms with Crippen LogP contribution in [-0.4, -0.2) is 5.11 Å². The van der Waals surface area contributed by atoms with Crippen LogP contribution in [0.4, 0.5) is 0 Å². The summed E-state index contributed by atoms with van der Waals surface area (Å²) in [4.78, 5) is 0. The van der Waals surface area contributed by atoms with E-state index in [0.717, 1.165) is 22.1 Å². The van der Waals surface area contributed by atoms with Crippen molar-refractivity contribution in [1.82, 2.24) is 0 Å². The van der Waals surface area contributed by atoms with Crippen LogP contribution in [0.2, 0.25) is 5.02 Å². The van der Waals surface area contributed by atoms with Gasteiger partial charge in [-0.25, -0.2) is 0 Å². The number of hydrogen-bond acceptors (Lipinski definition) is 2. The van der Waals surface area contributed by atoms with Crippen LogP contribution in [-0.2, 0) is 6.42 Å². The van der Waals surface area contributed by atoms with Crippen LogP contribution >= 0.6 is 22.9 Å². The summed E-state index contributed by atoms with van der Waals surface area (Å²) in [6.45, 7) is 2.02. The van der Waals surface area contributed by atoms with E-state index in [2.05, 4.69) is 0 Å². The zero-order valence-corrected chi connectivity index (χ0v) is 8.75. The molecule has 0 amide bonds. The fourth-order valence-electron chi connectivity index (χ4n) is 1.40. The van der Waals surface area contributed by atoms with Gasteiger partial charge in [0, 0.05) is 10.1 Å². The minimum atomic E-state index is 0.339. The maximum atomic E-state index is 9.84. The summed E-state index contributed by atoms with van der Waals surface area (Å²) < 4.78 is 1.04. The first-order valence-corrected chi connectivity index (χ1v) is 5.37. The van der Waals surface area contributed by atoms with Crippen LogP contribution in [0.25, 0.3) is 10.1 Å². The third-order valence-corrected chi connectivity index (χ3v) is 3.51. The second-order valence-electron chi connectivity index (χ2n) is 2.88. The molecule has 0 radical (unpaired) electrons. The monoisotopic (exact) mass is 212 g/mol. The molecule has 2 rings (SSSR count). The average Bonchev–Trinajstić information content (AvgIpc) is 2.49. The van der Waals surface area contributed by atoms with Gasteiger partial charge >= 0.3 is 0 Å². The molecule has 0 spiro atoms. The Kier molecular flexibility index (Phi) is 2.18. The largest absolute Gasteiger partial charge is 0.507 e. The zero-order chi connectivity index (χ0) is 9.42. The number of rotatable bonds is 1. The fraction of sp³-hybridized carbons (Fsp3) is 0.200. The predicted molar refractivity (Wildman–Crippen MR) is 57.9 cm³/mol. The van der Waals surface area contributed by atoms with Crippen LogP contribution in [0.5, 0.6) is 5.75 Å². The number of hydrogen-bond donors (Lipinski definition) is 1. The van der Waals surface area contributed by atoms with E-state index in [0.29, 0.717) is 10.8 Å². The topological polar surface area (TPSA) is 20.2 Å². The molecule has 0 aliphatic carbocycles. The van der Waals surface area contributed by atoms with Gasteiger partial charge in [0.1, 0.15) is 5.75 Å². The molecule has 3 heteroatoms. The molecule has 1 aromatic carbocycles. The minimum absolute atomic E-state index is 0.339. The van der Waals surface area contributed by atoms with Crippen molar-refractivity contribution in [2.24, 2.45) is 0 Å². The van der Waals surface area contributed by atoms with E-state index in [4.69, 9.17) is 11.6 Å². The van der Waals surface area contributed by atoms with E-state index in [1.54, 1.807) is 11.3 Å². The molecule has 0 atom stereocenters. The second kappa shape index (κ2) is 3.20. The van der Waals surface area contributed by atoms with Crippen molar-refractivity contribution < 1.29 is 5.11 Å². The Morgan fingerprint density at radius 2 is 2.23 bits per heavy atom. The van der Waals surface area contributed by atoms with Crippen molar-refractivity contribution in [2.45, 2.75) is 13.3 Å². The Morgan fingerprint density at radius 1 is 1.46 bits per heavy atom. The molecular weight excluding hydrogens is 204 g/mol. The lowest BCUT2D eigenvalue weighted by Gasteiger charge is -2.02. The van der Waals surface area contributed by atoms with Crippen molar-refractivity contribution >= 4 is 33.0 Å². The van der Waals surface area contributed by atoms with E-state index in [1.807, 2.05) is 24.4 Å². The van der Waals surface area contributed by atoms with Gasteiger partial charge < -0.3 is 5.11 Å². The zero-order valence-electron chi connectivity index (χ0n) is 7.17. The molecule has 1 N–H and O–H groups in total. The van der Waals surface area contributed by atoms with Crippen LogP contribution in [0.1, 0.15) is 12.5 Å². The van der Waals surface area contributed by atoms with Gasteiger partial charge in [-0.15, -0.1) is 11.3 Å². The number of fused-ring (bicyclic) bond motifs is 1. The van der Waals surface area contributed by atoms with Crippen LogP contribution in [0.3, 0.4) is 0 Å². The Morgan fingerprint density at radius 3 is 2.92 bits per heavy atom. The van der Waals surface area contributed by atoms with E-state index in [-0.39, 0.29) is 0 Å². The molecule has 0 unspecified atom stereocenters. The minimum Gasteiger partial charge on any atom is -0.507 e. The summed E-state index contributed by atoms with van der Waals surface area (Å²) in [5, 5.41) is 13.1. The standard InChI is InChI=1S/C10H9ClOS/c1-2-6-3-4-8-9(10(6)12)7(11)5-13-8/h3-5,12H,2H2,1H3. The molecule has 68 valence electrons. The van der Waals surface area contributed by atoms with Gasteiger partial charge in [0.2, 0.25) is 0 Å². The molecule has 0 saturated heterocycles. The van der Waals surface area contributed by atoms with Crippen LogP contribution in [0.15, 0.2) is 17.5 Å². The van der Waals surface area contributed by atoms with Gasteiger partial charge in [0.25, 0.3) is 0 Å².